The van der Waals surface area contributed by atoms with Gasteiger partial charge in [0.2, 0.25) is 5.91 Å². The largest absolute Gasteiger partial charge is 0.338 e. The third-order valence-corrected chi connectivity index (χ3v) is 8.21. The molecule has 0 unspecified atom stereocenters. The fourth-order valence-corrected chi connectivity index (χ4v) is 6.51. The molecule has 168 valence electrons. The van der Waals surface area contributed by atoms with Gasteiger partial charge in [-0.05, 0) is 44.0 Å². The van der Waals surface area contributed by atoms with E-state index in [0.717, 1.165) is 16.8 Å². The molecular weight excluding hydrogens is 446 g/mol. The Morgan fingerprint density at radius 3 is 2.69 bits per heavy atom. The smallest absolute Gasteiger partial charge is 0.233 e. The number of carbonyl (C=O) groups excluding carboxylic acids is 1. The molecule has 1 aliphatic heterocycles. The van der Waals surface area contributed by atoms with Crippen molar-refractivity contribution in [3.05, 3.63) is 54.4 Å². The van der Waals surface area contributed by atoms with Gasteiger partial charge in [-0.3, -0.25) is 14.3 Å². The second kappa shape index (κ2) is 9.41. The van der Waals surface area contributed by atoms with Crippen molar-refractivity contribution < 1.29 is 13.2 Å². The molecule has 0 aliphatic carbocycles. The average Bonchev–Trinajstić information content (AvgIpc) is 3.36. The number of aryl methyl sites for hydroxylation is 1. The number of rotatable bonds is 7. The highest BCUT2D eigenvalue weighted by Crippen LogP contribution is 2.29. The predicted molar refractivity (Wildman–Crippen MR) is 124 cm³/mol. The first kappa shape index (κ1) is 22.5. The standard InChI is InChI=1S/C22H25N5O3S2/c1-3-26(18-10-12-32(29,30)15-18)20(28)14-31-22-25-24-21(17-8-6-11-23-13-17)27(22)19-9-5-4-7-16(19)2/h4-9,11,13,18H,3,10,12,14-15H2,1-2H3/t18-/m1/s1. The van der Waals surface area contributed by atoms with Crippen LogP contribution in [-0.2, 0) is 14.6 Å². The Bertz CT molecular complexity index is 1210. The summed E-state index contributed by atoms with van der Waals surface area (Å²) in [7, 11) is -3.06. The Morgan fingerprint density at radius 2 is 2.03 bits per heavy atom. The Balaban J connectivity index is 1.61. The van der Waals surface area contributed by atoms with Crippen molar-refractivity contribution in [3.63, 3.8) is 0 Å². The molecule has 0 N–H and O–H groups in total. The van der Waals surface area contributed by atoms with Crippen molar-refractivity contribution in [2.24, 2.45) is 0 Å². The summed E-state index contributed by atoms with van der Waals surface area (Å²) >= 11 is 1.30. The molecule has 1 aliphatic rings. The minimum atomic E-state index is -3.06. The third-order valence-electron chi connectivity index (χ3n) is 5.54. The van der Waals surface area contributed by atoms with Gasteiger partial charge >= 0.3 is 0 Å². The fraction of sp³-hybridized carbons (Fsp3) is 0.364. The zero-order chi connectivity index (χ0) is 22.7. The average molecular weight is 472 g/mol. The molecule has 32 heavy (non-hydrogen) atoms. The van der Waals surface area contributed by atoms with E-state index < -0.39 is 9.84 Å². The molecule has 1 saturated heterocycles. The molecule has 0 radical (unpaired) electrons. The van der Waals surface area contributed by atoms with Crippen molar-refractivity contribution in [3.8, 4) is 17.1 Å². The number of pyridine rings is 1. The molecule has 1 aromatic carbocycles. The number of benzene rings is 1. The summed E-state index contributed by atoms with van der Waals surface area (Å²) in [5.41, 5.74) is 2.81. The Morgan fingerprint density at radius 1 is 1.22 bits per heavy atom. The fourth-order valence-electron chi connectivity index (χ4n) is 3.95. The highest BCUT2D eigenvalue weighted by atomic mass is 32.2. The van der Waals surface area contributed by atoms with E-state index >= 15 is 0 Å². The van der Waals surface area contributed by atoms with Crippen LogP contribution in [0.5, 0.6) is 0 Å². The van der Waals surface area contributed by atoms with Crippen molar-refractivity contribution >= 4 is 27.5 Å². The molecule has 4 rings (SSSR count). The lowest BCUT2D eigenvalue weighted by Gasteiger charge is -2.26. The van der Waals surface area contributed by atoms with E-state index in [1.807, 2.05) is 54.8 Å². The van der Waals surface area contributed by atoms with Crippen LogP contribution in [0, 0.1) is 6.92 Å². The predicted octanol–water partition coefficient (Wildman–Crippen LogP) is 2.77. The number of hydrogen-bond donors (Lipinski definition) is 0. The van der Waals surface area contributed by atoms with Gasteiger partial charge in [-0.15, -0.1) is 10.2 Å². The molecule has 2 aromatic heterocycles. The summed E-state index contributed by atoms with van der Waals surface area (Å²) in [5.74, 6) is 0.895. The van der Waals surface area contributed by atoms with Gasteiger partial charge in [-0.1, -0.05) is 30.0 Å². The van der Waals surface area contributed by atoms with Crippen LogP contribution in [0.1, 0.15) is 18.9 Å². The van der Waals surface area contributed by atoms with Crippen molar-refractivity contribution in [1.82, 2.24) is 24.6 Å². The number of para-hydroxylation sites is 1. The second-order valence-corrected chi connectivity index (χ2v) is 10.9. The lowest BCUT2D eigenvalue weighted by Crippen LogP contribution is -2.42. The zero-order valence-electron chi connectivity index (χ0n) is 18.0. The van der Waals surface area contributed by atoms with Crippen LogP contribution in [0.4, 0.5) is 0 Å². The zero-order valence-corrected chi connectivity index (χ0v) is 19.6. The van der Waals surface area contributed by atoms with Crippen LogP contribution in [-0.4, -0.2) is 68.8 Å². The SMILES string of the molecule is CCN(C(=O)CSc1nnc(-c2cccnc2)n1-c1ccccc1C)[C@@H]1CCS(=O)(=O)C1. The molecule has 1 amide bonds. The maximum atomic E-state index is 13.0. The van der Waals surface area contributed by atoms with Crippen LogP contribution in [0.15, 0.2) is 53.9 Å². The third kappa shape index (κ3) is 4.71. The minimum Gasteiger partial charge on any atom is -0.338 e. The maximum absolute atomic E-state index is 13.0. The Kier molecular flexibility index (Phi) is 6.61. The molecule has 0 spiro atoms. The number of amides is 1. The molecule has 0 saturated carbocycles. The summed E-state index contributed by atoms with van der Waals surface area (Å²) in [6.45, 7) is 4.37. The van der Waals surface area contributed by atoms with Crippen LogP contribution in [0.2, 0.25) is 0 Å². The van der Waals surface area contributed by atoms with Crippen molar-refractivity contribution in [2.75, 3.05) is 23.8 Å². The van der Waals surface area contributed by atoms with Gasteiger partial charge in [0.05, 0.1) is 22.9 Å². The molecule has 1 atom stereocenters. The van der Waals surface area contributed by atoms with Gasteiger partial charge in [-0.2, -0.15) is 0 Å². The molecule has 1 fully saturated rings. The van der Waals surface area contributed by atoms with E-state index in [0.29, 0.717) is 23.9 Å². The summed E-state index contributed by atoms with van der Waals surface area (Å²) in [6, 6.07) is 11.4. The molecular formula is C22H25N5O3S2. The van der Waals surface area contributed by atoms with Crippen LogP contribution in [0.3, 0.4) is 0 Å². The van der Waals surface area contributed by atoms with E-state index in [-0.39, 0.29) is 29.2 Å². The number of thioether (sulfide) groups is 1. The lowest BCUT2D eigenvalue weighted by molar-refractivity contribution is -0.129. The second-order valence-electron chi connectivity index (χ2n) is 7.70. The lowest BCUT2D eigenvalue weighted by atomic mass is 10.2. The summed E-state index contributed by atoms with van der Waals surface area (Å²) in [4.78, 5) is 18.8. The molecule has 8 nitrogen and oxygen atoms in total. The van der Waals surface area contributed by atoms with E-state index in [1.54, 1.807) is 17.3 Å². The quantitative estimate of drug-likeness (QED) is 0.489. The number of sulfone groups is 1. The van der Waals surface area contributed by atoms with Gasteiger partial charge in [0.1, 0.15) is 0 Å². The van der Waals surface area contributed by atoms with Crippen LogP contribution >= 0.6 is 11.8 Å². The first-order valence-electron chi connectivity index (χ1n) is 10.4. The van der Waals surface area contributed by atoms with Crippen LogP contribution < -0.4 is 0 Å². The first-order valence-corrected chi connectivity index (χ1v) is 13.2. The molecule has 0 bridgehead atoms. The van der Waals surface area contributed by atoms with E-state index in [4.69, 9.17) is 0 Å². The van der Waals surface area contributed by atoms with Crippen molar-refractivity contribution in [1.29, 1.82) is 0 Å². The van der Waals surface area contributed by atoms with Gasteiger partial charge in [0.15, 0.2) is 20.8 Å². The Labute approximate surface area is 192 Å². The van der Waals surface area contributed by atoms with Crippen molar-refractivity contribution in [2.45, 2.75) is 31.5 Å². The summed E-state index contributed by atoms with van der Waals surface area (Å²) in [5, 5.41) is 9.36. The maximum Gasteiger partial charge on any atom is 0.233 e. The number of carbonyl (C=O) groups is 1. The van der Waals surface area contributed by atoms with Gasteiger partial charge in [-0.25, -0.2) is 8.42 Å². The molecule has 10 heteroatoms. The topological polar surface area (TPSA) is 98.1 Å². The summed E-state index contributed by atoms with van der Waals surface area (Å²) < 4.78 is 25.7. The normalized spacial score (nSPS) is 17.4. The van der Waals surface area contributed by atoms with E-state index in [9.17, 15) is 13.2 Å². The number of aromatic nitrogens is 4. The first-order chi connectivity index (χ1) is 15.4. The highest BCUT2D eigenvalue weighted by Gasteiger charge is 2.34. The highest BCUT2D eigenvalue weighted by molar-refractivity contribution is 7.99. The molecule has 3 aromatic rings. The van der Waals surface area contributed by atoms with E-state index in [2.05, 4.69) is 15.2 Å². The van der Waals surface area contributed by atoms with E-state index in [1.165, 1.54) is 11.8 Å². The van der Waals surface area contributed by atoms with Crippen LogP contribution in [0.25, 0.3) is 17.1 Å². The Hall–Kier alpha value is -2.72. The monoisotopic (exact) mass is 471 g/mol. The number of nitrogens with zero attached hydrogens (tertiary/aromatic N) is 5. The minimum absolute atomic E-state index is 0.0434. The molecule has 3 heterocycles. The van der Waals surface area contributed by atoms with Gasteiger partial charge in [0, 0.05) is 30.5 Å². The van der Waals surface area contributed by atoms with Gasteiger partial charge in [0.25, 0.3) is 0 Å². The summed E-state index contributed by atoms with van der Waals surface area (Å²) in [6.07, 6.45) is 3.93. The van der Waals surface area contributed by atoms with Gasteiger partial charge < -0.3 is 4.90 Å². The number of hydrogen-bond acceptors (Lipinski definition) is 7.